The maximum absolute atomic E-state index is 5.71. The van der Waals surface area contributed by atoms with Gasteiger partial charge in [-0.05, 0) is 31.2 Å². The molecule has 0 radical (unpaired) electrons. The third-order valence-corrected chi connectivity index (χ3v) is 3.39. The van der Waals surface area contributed by atoms with Gasteiger partial charge in [-0.3, -0.25) is 0 Å². The normalized spacial score (nSPS) is 10.9. The quantitative estimate of drug-likeness (QED) is 0.717. The Kier molecular flexibility index (Phi) is 4.85. The Bertz CT molecular complexity index is 442. The Morgan fingerprint density at radius 1 is 0.882 bits per heavy atom. The van der Waals surface area contributed by atoms with Crippen molar-refractivity contribution in [2.24, 2.45) is 0 Å². The van der Waals surface area contributed by atoms with Crippen LogP contribution in [0.15, 0.2) is 54.6 Å². The summed E-state index contributed by atoms with van der Waals surface area (Å²) in [7, 11) is 0.442. The van der Waals surface area contributed by atoms with Gasteiger partial charge in [-0.1, -0.05) is 53.7 Å². The predicted octanol–water partition coefficient (Wildman–Crippen LogP) is 4.60. The second-order valence-corrected chi connectivity index (χ2v) is 5.15. The Hall–Kier alpha value is -1.04. The molecule has 2 aromatic carbocycles. The van der Waals surface area contributed by atoms with E-state index in [9.17, 15) is 0 Å². The highest BCUT2D eigenvalue weighted by Crippen LogP contribution is 2.24. The molecule has 0 amide bonds. The van der Waals surface area contributed by atoms with Gasteiger partial charge >= 0.3 is 0 Å². The largest absolute Gasteiger partial charge is 0.489 e. The van der Waals surface area contributed by atoms with Crippen LogP contribution < -0.4 is 4.74 Å². The summed E-state index contributed by atoms with van der Waals surface area (Å²) in [6.07, 6.45) is 0.931. The van der Waals surface area contributed by atoms with Gasteiger partial charge in [0.25, 0.3) is 0 Å². The van der Waals surface area contributed by atoms with Gasteiger partial charge in [-0.2, -0.15) is 0 Å². The second-order valence-electron chi connectivity index (χ2n) is 3.73. The molecule has 0 fully saturated rings. The summed E-state index contributed by atoms with van der Waals surface area (Å²) in [6, 6.07) is 18.3. The van der Waals surface area contributed by atoms with Crippen molar-refractivity contribution in [3.05, 3.63) is 65.7 Å². The molecule has 0 aliphatic carbocycles. The van der Waals surface area contributed by atoms with E-state index in [-0.39, 0.29) is 0 Å². The molecular weight excluding hydrogens is 251 g/mol. The smallest absolute Gasteiger partial charge is 0.119 e. The lowest BCUT2D eigenvalue weighted by Gasteiger charge is -2.06. The molecule has 0 bridgehead atoms. The summed E-state index contributed by atoms with van der Waals surface area (Å²) in [5, 5.41) is 0. The third kappa shape index (κ3) is 4.03. The molecule has 88 valence electrons. The molecule has 0 aliphatic heterocycles. The fraction of sp³-hybridized carbons (Fsp3) is 0.143. The van der Waals surface area contributed by atoms with Gasteiger partial charge in [0.15, 0.2) is 0 Å². The number of hydrogen-bond donors (Lipinski definition) is 0. The lowest BCUT2D eigenvalue weighted by Crippen LogP contribution is -1.94. The molecule has 0 aliphatic rings. The monoisotopic (exact) mass is 264 g/mol. The minimum absolute atomic E-state index is 0.442. The van der Waals surface area contributed by atoms with Crippen molar-refractivity contribution in [3.8, 4) is 5.75 Å². The Morgan fingerprint density at radius 3 is 2.24 bits per heavy atom. The van der Waals surface area contributed by atoms with E-state index in [0.29, 0.717) is 14.5 Å². The standard InChI is InChI=1S/C14H14ClOP/c15-17-11-13-6-8-14(9-7-13)16-10-12-4-2-1-3-5-12/h1-9,17H,10-11H2. The topological polar surface area (TPSA) is 9.23 Å². The van der Waals surface area contributed by atoms with Crippen molar-refractivity contribution in [2.75, 3.05) is 0 Å². The van der Waals surface area contributed by atoms with E-state index in [1.165, 1.54) is 11.1 Å². The van der Waals surface area contributed by atoms with Crippen molar-refractivity contribution in [1.82, 2.24) is 0 Å². The fourth-order valence-corrected chi connectivity index (χ4v) is 2.37. The van der Waals surface area contributed by atoms with Gasteiger partial charge in [0, 0.05) is 6.16 Å². The van der Waals surface area contributed by atoms with Crippen LogP contribution in [0.25, 0.3) is 0 Å². The van der Waals surface area contributed by atoms with E-state index in [0.717, 1.165) is 11.9 Å². The summed E-state index contributed by atoms with van der Waals surface area (Å²) >= 11 is 5.71. The minimum Gasteiger partial charge on any atom is -0.489 e. The first-order chi connectivity index (χ1) is 8.38. The second kappa shape index (κ2) is 6.64. The van der Waals surface area contributed by atoms with Gasteiger partial charge in [0.05, 0.1) is 0 Å². The summed E-state index contributed by atoms with van der Waals surface area (Å²) < 4.78 is 5.69. The van der Waals surface area contributed by atoms with Gasteiger partial charge in [0.2, 0.25) is 0 Å². The summed E-state index contributed by atoms with van der Waals surface area (Å²) in [4.78, 5) is 0. The minimum atomic E-state index is 0.442. The fourth-order valence-electron chi connectivity index (χ4n) is 1.52. The van der Waals surface area contributed by atoms with Crippen molar-refractivity contribution >= 4 is 19.2 Å². The predicted molar refractivity (Wildman–Crippen MR) is 75.1 cm³/mol. The number of hydrogen-bond acceptors (Lipinski definition) is 1. The van der Waals surface area contributed by atoms with Crippen LogP contribution in [0.3, 0.4) is 0 Å². The summed E-state index contributed by atoms with van der Waals surface area (Å²) in [6.45, 7) is 0.609. The number of halogens is 1. The van der Waals surface area contributed by atoms with Gasteiger partial charge in [-0.15, -0.1) is 0 Å². The zero-order valence-electron chi connectivity index (χ0n) is 9.40. The Morgan fingerprint density at radius 2 is 1.59 bits per heavy atom. The zero-order valence-corrected chi connectivity index (χ0v) is 11.2. The van der Waals surface area contributed by atoms with Crippen LogP contribution >= 0.6 is 19.2 Å². The van der Waals surface area contributed by atoms with Crippen molar-refractivity contribution < 1.29 is 4.74 Å². The first kappa shape index (κ1) is 12.4. The summed E-state index contributed by atoms with van der Waals surface area (Å²) in [5.74, 6) is 0.899. The average Bonchev–Trinajstić information content (AvgIpc) is 2.40. The maximum atomic E-state index is 5.71. The van der Waals surface area contributed by atoms with Crippen LogP contribution in [0, 0.1) is 0 Å². The van der Waals surface area contributed by atoms with Crippen molar-refractivity contribution in [3.63, 3.8) is 0 Å². The molecule has 0 saturated carbocycles. The number of rotatable bonds is 5. The van der Waals surface area contributed by atoms with Crippen LogP contribution in [-0.2, 0) is 12.8 Å². The van der Waals surface area contributed by atoms with E-state index in [2.05, 4.69) is 24.3 Å². The lowest BCUT2D eigenvalue weighted by molar-refractivity contribution is 0.306. The molecule has 1 nitrogen and oxygen atoms in total. The first-order valence-electron chi connectivity index (χ1n) is 5.47. The average molecular weight is 265 g/mol. The zero-order chi connectivity index (χ0) is 11.9. The number of ether oxygens (including phenoxy) is 1. The molecule has 0 N–H and O–H groups in total. The van der Waals surface area contributed by atoms with Crippen molar-refractivity contribution in [2.45, 2.75) is 12.8 Å². The van der Waals surface area contributed by atoms with E-state index < -0.39 is 0 Å². The molecule has 2 rings (SSSR count). The first-order valence-corrected chi connectivity index (χ1v) is 7.69. The van der Waals surface area contributed by atoms with Crippen LogP contribution in [0.5, 0.6) is 5.75 Å². The molecule has 1 unspecified atom stereocenters. The molecular formula is C14H14ClOP. The van der Waals surface area contributed by atoms with Crippen LogP contribution in [0.2, 0.25) is 0 Å². The molecule has 0 spiro atoms. The highest BCUT2D eigenvalue weighted by Gasteiger charge is 1.96. The molecule has 0 saturated heterocycles. The van der Waals surface area contributed by atoms with Crippen molar-refractivity contribution in [1.29, 1.82) is 0 Å². The molecule has 3 heteroatoms. The maximum Gasteiger partial charge on any atom is 0.119 e. The van der Waals surface area contributed by atoms with Crippen LogP contribution in [0.1, 0.15) is 11.1 Å². The van der Waals surface area contributed by atoms with E-state index >= 15 is 0 Å². The summed E-state index contributed by atoms with van der Waals surface area (Å²) in [5.41, 5.74) is 2.43. The number of benzene rings is 2. The SMILES string of the molecule is ClPCc1ccc(OCc2ccccc2)cc1. The van der Waals surface area contributed by atoms with Gasteiger partial charge in [-0.25, -0.2) is 0 Å². The molecule has 1 atom stereocenters. The third-order valence-electron chi connectivity index (χ3n) is 2.44. The molecule has 0 aromatic heterocycles. The van der Waals surface area contributed by atoms with E-state index in [4.69, 9.17) is 16.0 Å². The Labute approximate surface area is 108 Å². The lowest BCUT2D eigenvalue weighted by atomic mass is 10.2. The van der Waals surface area contributed by atoms with E-state index in [1.54, 1.807) is 0 Å². The van der Waals surface area contributed by atoms with Gasteiger partial charge in [0.1, 0.15) is 12.4 Å². The van der Waals surface area contributed by atoms with Crippen LogP contribution in [0.4, 0.5) is 0 Å². The molecule has 2 aromatic rings. The highest BCUT2D eigenvalue weighted by atomic mass is 35.7. The Balaban J connectivity index is 1.91. The van der Waals surface area contributed by atoms with E-state index in [1.807, 2.05) is 30.3 Å². The van der Waals surface area contributed by atoms with Crippen LogP contribution in [-0.4, -0.2) is 0 Å². The van der Waals surface area contributed by atoms with Gasteiger partial charge < -0.3 is 4.74 Å². The molecule has 0 heterocycles. The highest BCUT2D eigenvalue weighted by molar-refractivity contribution is 7.67. The molecule has 17 heavy (non-hydrogen) atoms.